The third-order valence-corrected chi connectivity index (χ3v) is 3.84. The molecule has 0 aliphatic rings. The van der Waals surface area contributed by atoms with Gasteiger partial charge in [-0.2, -0.15) is 5.10 Å². The maximum absolute atomic E-state index is 11.6. The van der Waals surface area contributed by atoms with Crippen molar-refractivity contribution in [2.75, 3.05) is 7.11 Å². The molecule has 0 spiro atoms. The summed E-state index contributed by atoms with van der Waals surface area (Å²) in [6.07, 6.45) is 0. The van der Waals surface area contributed by atoms with Gasteiger partial charge in [0.1, 0.15) is 11.3 Å². The minimum atomic E-state index is -0.535. The van der Waals surface area contributed by atoms with Crippen molar-refractivity contribution >= 4 is 44.3 Å². The second kappa shape index (κ2) is 5.75. The number of primary amides is 1. The standard InChI is InChI=1S/C14H12BrClN4O2/c1-22-6-20-11(5-12(15)19-20)10-3-7-2-8(16)4-9(14(17)21)13(7)18-10/h2-5,18H,6H2,1H3,(H2,17,21). The van der Waals surface area contributed by atoms with Crippen LogP contribution >= 0.6 is 27.5 Å². The van der Waals surface area contributed by atoms with Crippen LogP contribution < -0.4 is 5.73 Å². The van der Waals surface area contributed by atoms with Crippen molar-refractivity contribution in [1.29, 1.82) is 0 Å². The summed E-state index contributed by atoms with van der Waals surface area (Å²) < 4.78 is 7.51. The number of nitrogens with two attached hydrogens (primary N) is 1. The van der Waals surface area contributed by atoms with E-state index in [1.807, 2.05) is 12.1 Å². The van der Waals surface area contributed by atoms with Crippen LogP contribution in [0.4, 0.5) is 0 Å². The number of carbonyl (C=O) groups excluding carboxylic acids is 1. The summed E-state index contributed by atoms with van der Waals surface area (Å²) in [5.41, 5.74) is 8.02. The molecule has 0 aliphatic carbocycles. The molecule has 0 saturated heterocycles. The van der Waals surface area contributed by atoms with Crippen LogP contribution in [0.2, 0.25) is 5.02 Å². The second-order valence-electron chi connectivity index (χ2n) is 4.73. The third-order valence-electron chi connectivity index (χ3n) is 3.24. The first-order valence-electron chi connectivity index (χ1n) is 6.34. The number of fused-ring (bicyclic) bond motifs is 1. The van der Waals surface area contributed by atoms with Crippen molar-refractivity contribution in [3.8, 4) is 11.4 Å². The van der Waals surface area contributed by atoms with Crippen molar-refractivity contribution < 1.29 is 9.53 Å². The second-order valence-corrected chi connectivity index (χ2v) is 5.98. The number of carbonyl (C=O) groups is 1. The number of ether oxygens (including phenoxy) is 1. The van der Waals surface area contributed by atoms with Crippen LogP contribution in [0.25, 0.3) is 22.3 Å². The van der Waals surface area contributed by atoms with E-state index in [-0.39, 0.29) is 0 Å². The van der Waals surface area contributed by atoms with E-state index in [2.05, 4.69) is 26.0 Å². The number of nitrogens with zero attached hydrogens (tertiary/aromatic N) is 2. The van der Waals surface area contributed by atoms with E-state index in [0.29, 0.717) is 27.4 Å². The number of nitrogens with one attached hydrogen (secondary N) is 1. The first-order valence-corrected chi connectivity index (χ1v) is 7.51. The smallest absolute Gasteiger partial charge is 0.250 e. The van der Waals surface area contributed by atoms with Crippen molar-refractivity contribution in [2.24, 2.45) is 5.73 Å². The Labute approximate surface area is 139 Å². The molecule has 0 aliphatic heterocycles. The number of benzene rings is 1. The van der Waals surface area contributed by atoms with Gasteiger partial charge in [0, 0.05) is 23.6 Å². The molecule has 22 heavy (non-hydrogen) atoms. The predicted octanol–water partition coefficient (Wildman–Crippen LogP) is 3.15. The Kier molecular flexibility index (Phi) is 3.94. The maximum atomic E-state index is 11.6. The van der Waals surface area contributed by atoms with Gasteiger partial charge < -0.3 is 15.5 Å². The lowest BCUT2D eigenvalue weighted by Gasteiger charge is -2.03. The molecule has 3 rings (SSSR count). The van der Waals surface area contributed by atoms with Crippen molar-refractivity contribution in [3.05, 3.63) is 39.5 Å². The van der Waals surface area contributed by atoms with Crippen molar-refractivity contribution in [1.82, 2.24) is 14.8 Å². The Hall–Kier alpha value is -1.83. The first kappa shape index (κ1) is 15.1. The monoisotopic (exact) mass is 382 g/mol. The molecule has 0 fully saturated rings. The van der Waals surface area contributed by atoms with Crippen LogP contribution in [0, 0.1) is 0 Å². The molecule has 2 heterocycles. The number of rotatable bonds is 4. The van der Waals surface area contributed by atoms with Gasteiger partial charge in [0.25, 0.3) is 5.91 Å². The van der Waals surface area contributed by atoms with Crippen LogP contribution in [0.15, 0.2) is 28.9 Å². The average Bonchev–Trinajstić information content (AvgIpc) is 3.01. The van der Waals surface area contributed by atoms with Gasteiger partial charge in [0.05, 0.1) is 22.5 Å². The molecule has 3 aromatic rings. The maximum Gasteiger partial charge on any atom is 0.250 e. The molecule has 0 bridgehead atoms. The van der Waals surface area contributed by atoms with Gasteiger partial charge in [-0.1, -0.05) is 11.6 Å². The first-order chi connectivity index (χ1) is 10.5. The minimum absolute atomic E-state index is 0.305. The van der Waals surface area contributed by atoms with Gasteiger partial charge in [-0.15, -0.1) is 0 Å². The Morgan fingerprint density at radius 3 is 2.91 bits per heavy atom. The fourth-order valence-electron chi connectivity index (χ4n) is 2.36. The molecular weight excluding hydrogens is 372 g/mol. The molecule has 2 aromatic heterocycles. The van der Waals surface area contributed by atoms with Crippen LogP contribution in [-0.2, 0) is 11.5 Å². The lowest BCUT2D eigenvalue weighted by atomic mass is 10.1. The Morgan fingerprint density at radius 1 is 1.45 bits per heavy atom. The van der Waals surface area contributed by atoms with E-state index in [4.69, 9.17) is 22.1 Å². The number of aromatic amines is 1. The zero-order valence-corrected chi connectivity index (χ0v) is 13.9. The summed E-state index contributed by atoms with van der Waals surface area (Å²) in [6, 6.07) is 7.07. The van der Waals surface area contributed by atoms with Crippen LogP contribution in [0.3, 0.4) is 0 Å². The molecule has 1 aromatic carbocycles. The summed E-state index contributed by atoms with van der Waals surface area (Å²) in [5, 5.41) is 5.55. The van der Waals surface area contributed by atoms with E-state index >= 15 is 0 Å². The number of amides is 1. The lowest BCUT2D eigenvalue weighted by Crippen LogP contribution is -2.11. The quantitative estimate of drug-likeness (QED) is 0.725. The van der Waals surface area contributed by atoms with E-state index < -0.39 is 5.91 Å². The highest BCUT2D eigenvalue weighted by atomic mass is 79.9. The van der Waals surface area contributed by atoms with Crippen LogP contribution in [-0.4, -0.2) is 27.8 Å². The van der Waals surface area contributed by atoms with Gasteiger partial charge in [0.15, 0.2) is 0 Å². The molecule has 3 N–H and O–H groups in total. The zero-order chi connectivity index (χ0) is 15.9. The average molecular weight is 384 g/mol. The summed E-state index contributed by atoms with van der Waals surface area (Å²) in [5.74, 6) is -0.535. The highest BCUT2D eigenvalue weighted by molar-refractivity contribution is 9.10. The SMILES string of the molecule is COCn1nc(Br)cc1-c1cc2cc(Cl)cc(C(N)=O)c2[nH]1. The normalized spacial score (nSPS) is 11.2. The number of halogens is 2. The molecule has 114 valence electrons. The Bertz CT molecular complexity index is 871. The van der Waals surface area contributed by atoms with E-state index in [9.17, 15) is 4.79 Å². The predicted molar refractivity (Wildman–Crippen MR) is 87.8 cm³/mol. The highest BCUT2D eigenvalue weighted by Crippen LogP contribution is 2.30. The van der Waals surface area contributed by atoms with Gasteiger partial charge in [0.2, 0.25) is 0 Å². The Balaban J connectivity index is 2.21. The number of aromatic nitrogens is 3. The minimum Gasteiger partial charge on any atom is -0.366 e. The van der Waals surface area contributed by atoms with Crippen LogP contribution in [0.5, 0.6) is 0 Å². The van der Waals surface area contributed by atoms with E-state index in [1.165, 1.54) is 0 Å². The third kappa shape index (κ3) is 2.63. The molecule has 8 heteroatoms. The summed E-state index contributed by atoms with van der Waals surface area (Å²) >= 11 is 9.39. The van der Waals surface area contributed by atoms with E-state index in [1.54, 1.807) is 23.9 Å². The van der Waals surface area contributed by atoms with Gasteiger partial charge >= 0.3 is 0 Å². The summed E-state index contributed by atoms with van der Waals surface area (Å²) in [6.45, 7) is 0.305. The zero-order valence-electron chi connectivity index (χ0n) is 11.6. The van der Waals surface area contributed by atoms with Gasteiger partial charge in [-0.3, -0.25) is 4.79 Å². The fraction of sp³-hybridized carbons (Fsp3) is 0.143. The van der Waals surface area contributed by atoms with Crippen LogP contribution in [0.1, 0.15) is 10.4 Å². The Morgan fingerprint density at radius 2 is 2.23 bits per heavy atom. The molecular formula is C14H12BrClN4O2. The van der Waals surface area contributed by atoms with E-state index in [0.717, 1.165) is 16.8 Å². The number of methoxy groups -OCH3 is 1. The largest absolute Gasteiger partial charge is 0.366 e. The van der Waals surface area contributed by atoms with Crippen molar-refractivity contribution in [3.63, 3.8) is 0 Å². The molecule has 0 atom stereocenters. The summed E-state index contributed by atoms with van der Waals surface area (Å²) in [7, 11) is 1.59. The molecule has 6 nitrogen and oxygen atoms in total. The number of hydrogen-bond acceptors (Lipinski definition) is 3. The number of hydrogen-bond donors (Lipinski definition) is 2. The number of H-pyrrole nitrogens is 1. The molecule has 0 radical (unpaired) electrons. The lowest BCUT2D eigenvalue weighted by molar-refractivity contribution is 0.100. The van der Waals surface area contributed by atoms with Crippen molar-refractivity contribution in [2.45, 2.75) is 6.73 Å². The van der Waals surface area contributed by atoms with Gasteiger partial charge in [-0.25, -0.2) is 4.68 Å². The molecule has 1 amide bonds. The molecule has 0 saturated carbocycles. The van der Waals surface area contributed by atoms with Gasteiger partial charge in [-0.05, 0) is 34.1 Å². The topological polar surface area (TPSA) is 85.9 Å². The fourth-order valence-corrected chi connectivity index (χ4v) is 3.00. The molecule has 0 unspecified atom stereocenters. The highest BCUT2D eigenvalue weighted by Gasteiger charge is 2.15. The summed E-state index contributed by atoms with van der Waals surface area (Å²) in [4.78, 5) is 14.8.